The van der Waals surface area contributed by atoms with Crippen molar-refractivity contribution in [1.29, 1.82) is 0 Å². The number of ether oxygens (including phenoxy) is 1. The molecular weight excluding hydrogens is 454 g/mol. The Balaban J connectivity index is 1.58. The second-order valence-electron chi connectivity index (χ2n) is 7.26. The number of carbonyl (C=O) groups excluding carboxylic acids is 1. The number of nitro groups is 1. The average molecular weight is 476 g/mol. The minimum Gasteiger partial charge on any atom is -0.497 e. The number of methoxy groups -OCH3 is 1. The van der Waals surface area contributed by atoms with Gasteiger partial charge < -0.3 is 10.1 Å². The molecule has 1 unspecified atom stereocenters. The van der Waals surface area contributed by atoms with Gasteiger partial charge in [0.25, 0.3) is 5.69 Å². The maximum absolute atomic E-state index is 12.8. The third kappa shape index (κ3) is 5.07. The summed E-state index contributed by atoms with van der Waals surface area (Å²) in [5.74, 6) is 1.12. The molecule has 10 heteroatoms. The number of nitrogens with zero attached hydrogens (tertiary/aromatic N) is 4. The van der Waals surface area contributed by atoms with Crippen molar-refractivity contribution < 1.29 is 14.5 Å². The van der Waals surface area contributed by atoms with Crippen LogP contribution in [0.2, 0.25) is 0 Å². The molecule has 0 fully saturated rings. The zero-order chi connectivity index (χ0) is 24.1. The van der Waals surface area contributed by atoms with Gasteiger partial charge >= 0.3 is 0 Å². The van der Waals surface area contributed by atoms with Crippen molar-refractivity contribution in [2.45, 2.75) is 17.3 Å². The van der Waals surface area contributed by atoms with Crippen molar-refractivity contribution in [2.24, 2.45) is 0 Å². The van der Waals surface area contributed by atoms with Crippen molar-refractivity contribution >= 4 is 29.0 Å². The Labute approximate surface area is 199 Å². The smallest absolute Gasteiger partial charge is 0.269 e. The second kappa shape index (κ2) is 10.2. The summed E-state index contributed by atoms with van der Waals surface area (Å²) in [6.45, 7) is 1.77. The lowest BCUT2D eigenvalue weighted by Crippen LogP contribution is -2.22. The Morgan fingerprint density at radius 3 is 2.32 bits per heavy atom. The highest BCUT2D eigenvalue weighted by Crippen LogP contribution is 2.31. The summed E-state index contributed by atoms with van der Waals surface area (Å²) in [5, 5.41) is 22.4. The average Bonchev–Trinajstić information content (AvgIpc) is 3.28. The molecule has 1 aromatic heterocycles. The number of rotatable bonds is 8. The Hall–Kier alpha value is -4.18. The molecule has 9 nitrogen and oxygen atoms in total. The summed E-state index contributed by atoms with van der Waals surface area (Å²) in [6.07, 6.45) is 0. The predicted octanol–water partition coefficient (Wildman–Crippen LogP) is 4.97. The minimum absolute atomic E-state index is 0.0394. The van der Waals surface area contributed by atoms with Crippen LogP contribution in [0.25, 0.3) is 17.1 Å². The highest BCUT2D eigenvalue weighted by Gasteiger charge is 2.22. The third-order valence-corrected chi connectivity index (χ3v) is 6.04. The molecule has 0 bridgehead atoms. The minimum atomic E-state index is -0.509. The molecule has 34 heavy (non-hydrogen) atoms. The molecule has 0 saturated carbocycles. The zero-order valence-electron chi connectivity index (χ0n) is 18.4. The van der Waals surface area contributed by atoms with Gasteiger partial charge in [0.05, 0.1) is 17.3 Å². The lowest BCUT2D eigenvalue weighted by molar-refractivity contribution is -0.384. The quantitative estimate of drug-likeness (QED) is 0.217. The molecule has 0 aliphatic heterocycles. The molecular formula is C24H21N5O4S. The number of non-ortho nitro benzene ring substituents is 1. The number of aromatic nitrogens is 3. The molecule has 4 aromatic rings. The van der Waals surface area contributed by atoms with Gasteiger partial charge in [0.15, 0.2) is 11.0 Å². The van der Waals surface area contributed by atoms with Crippen LogP contribution < -0.4 is 10.1 Å². The van der Waals surface area contributed by atoms with E-state index < -0.39 is 10.2 Å². The van der Waals surface area contributed by atoms with Gasteiger partial charge in [-0.1, -0.05) is 30.0 Å². The lowest BCUT2D eigenvalue weighted by Gasteiger charge is -2.14. The van der Waals surface area contributed by atoms with Crippen molar-refractivity contribution in [1.82, 2.24) is 14.8 Å². The van der Waals surface area contributed by atoms with Crippen LogP contribution in [0.15, 0.2) is 84.0 Å². The number of thioether (sulfide) groups is 1. The highest BCUT2D eigenvalue weighted by atomic mass is 32.2. The fourth-order valence-corrected chi connectivity index (χ4v) is 4.07. The number of hydrogen-bond donors (Lipinski definition) is 1. The SMILES string of the molecule is COc1ccc(-c2nnc(SC(C)C(=O)Nc3ccc([N+](=O)[O-])cc3)n2-c2ccccc2)cc1. The molecule has 3 aromatic carbocycles. The van der Waals surface area contributed by atoms with E-state index in [0.29, 0.717) is 16.7 Å². The first-order chi connectivity index (χ1) is 16.5. The van der Waals surface area contributed by atoms with E-state index >= 15 is 0 Å². The Morgan fingerprint density at radius 1 is 1.03 bits per heavy atom. The van der Waals surface area contributed by atoms with Gasteiger partial charge in [-0.05, 0) is 55.5 Å². The van der Waals surface area contributed by atoms with E-state index in [1.54, 1.807) is 14.0 Å². The third-order valence-electron chi connectivity index (χ3n) is 4.99. The summed E-state index contributed by atoms with van der Waals surface area (Å²) in [5.41, 5.74) is 2.16. The number of hydrogen-bond acceptors (Lipinski definition) is 7. The molecule has 172 valence electrons. The highest BCUT2D eigenvalue weighted by molar-refractivity contribution is 8.00. The van der Waals surface area contributed by atoms with E-state index in [4.69, 9.17) is 4.74 Å². The number of benzene rings is 3. The largest absolute Gasteiger partial charge is 0.497 e. The van der Waals surface area contributed by atoms with E-state index in [0.717, 1.165) is 17.0 Å². The number of nitrogens with one attached hydrogen (secondary N) is 1. The fraction of sp³-hybridized carbons (Fsp3) is 0.125. The van der Waals surface area contributed by atoms with Crippen LogP contribution in [0.1, 0.15) is 6.92 Å². The molecule has 0 spiro atoms. The number of para-hydroxylation sites is 1. The Morgan fingerprint density at radius 2 is 1.71 bits per heavy atom. The molecule has 1 atom stereocenters. The van der Waals surface area contributed by atoms with Gasteiger partial charge in [-0.15, -0.1) is 10.2 Å². The van der Waals surface area contributed by atoms with Gasteiger partial charge in [-0.2, -0.15) is 0 Å². The van der Waals surface area contributed by atoms with Gasteiger partial charge in [0.2, 0.25) is 5.91 Å². The van der Waals surface area contributed by atoms with Crippen LogP contribution in [0, 0.1) is 10.1 Å². The maximum atomic E-state index is 12.8. The number of carbonyl (C=O) groups is 1. The standard InChI is InChI=1S/C24H21N5O4S/c1-16(23(30)25-18-10-12-20(13-11-18)29(31)32)34-24-27-26-22(17-8-14-21(33-2)15-9-17)28(24)19-6-4-3-5-7-19/h3-16H,1-2H3,(H,25,30). The number of nitro benzene ring substituents is 1. The molecule has 4 rings (SSSR count). The van der Waals surface area contributed by atoms with Crippen molar-refractivity contribution in [3.05, 3.63) is 89.0 Å². The summed E-state index contributed by atoms with van der Waals surface area (Å²) < 4.78 is 7.15. The predicted molar refractivity (Wildman–Crippen MR) is 130 cm³/mol. The summed E-state index contributed by atoms with van der Waals surface area (Å²) >= 11 is 1.27. The molecule has 0 radical (unpaired) electrons. The van der Waals surface area contributed by atoms with Crippen molar-refractivity contribution in [3.8, 4) is 22.8 Å². The number of anilines is 1. The van der Waals surface area contributed by atoms with Crippen LogP contribution in [0.5, 0.6) is 5.75 Å². The van der Waals surface area contributed by atoms with Crippen LogP contribution in [-0.4, -0.2) is 38.0 Å². The second-order valence-corrected chi connectivity index (χ2v) is 8.57. The van der Waals surface area contributed by atoms with Gasteiger partial charge in [-0.3, -0.25) is 19.5 Å². The Kier molecular flexibility index (Phi) is 6.88. The van der Waals surface area contributed by atoms with Crippen molar-refractivity contribution in [3.63, 3.8) is 0 Å². The van der Waals surface area contributed by atoms with E-state index in [1.165, 1.54) is 36.0 Å². The van der Waals surface area contributed by atoms with Crippen LogP contribution in [0.4, 0.5) is 11.4 Å². The molecule has 0 saturated heterocycles. The first-order valence-corrected chi connectivity index (χ1v) is 11.2. The zero-order valence-corrected chi connectivity index (χ0v) is 19.2. The van der Waals surface area contributed by atoms with E-state index in [-0.39, 0.29) is 11.6 Å². The lowest BCUT2D eigenvalue weighted by atomic mass is 10.2. The monoisotopic (exact) mass is 475 g/mol. The molecule has 1 heterocycles. The van der Waals surface area contributed by atoms with Crippen LogP contribution in [0.3, 0.4) is 0 Å². The topological polar surface area (TPSA) is 112 Å². The van der Waals surface area contributed by atoms with E-state index in [9.17, 15) is 14.9 Å². The molecule has 1 N–H and O–H groups in total. The number of amides is 1. The summed E-state index contributed by atoms with van der Waals surface area (Å²) in [4.78, 5) is 23.1. The van der Waals surface area contributed by atoms with E-state index in [2.05, 4.69) is 15.5 Å². The van der Waals surface area contributed by atoms with Crippen LogP contribution >= 0.6 is 11.8 Å². The fourth-order valence-electron chi connectivity index (χ4n) is 3.21. The Bertz CT molecular complexity index is 1290. The van der Waals surface area contributed by atoms with Gasteiger partial charge in [0, 0.05) is 29.1 Å². The van der Waals surface area contributed by atoms with Gasteiger partial charge in [-0.25, -0.2) is 0 Å². The molecule has 0 aliphatic carbocycles. The van der Waals surface area contributed by atoms with Gasteiger partial charge in [0.1, 0.15) is 5.75 Å². The maximum Gasteiger partial charge on any atom is 0.269 e. The van der Waals surface area contributed by atoms with Crippen LogP contribution in [-0.2, 0) is 4.79 Å². The van der Waals surface area contributed by atoms with E-state index in [1.807, 2.05) is 59.2 Å². The normalized spacial score (nSPS) is 11.6. The molecule has 1 amide bonds. The first-order valence-electron chi connectivity index (χ1n) is 10.3. The molecule has 0 aliphatic rings. The van der Waals surface area contributed by atoms with Crippen molar-refractivity contribution in [2.75, 3.05) is 12.4 Å². The first kappa shape index (κ1) is 23.0. The summed E-state index contributed by atoms with van der Waals surface area (Å²) in [7, 11) is 1.61. The summed E-state index contributed by atoms with van der Waals surface area (Å²) in [6, 6.07) is 22.9.